The summed E-state index contributed by atoms with van der Waals surface area (Å²) in [6, 6.07) is 9.23. The van der Waals surface area contributed by atoms with E-state index < -0.39 is 54.1 Å². The lowest BCUT2D eigenvalue weighted by atomic mass is 10.0. The number of nitrogens with one attached hydrogen (secondary N) is 2. The molecule has 11 heteroatoms. The van der Waals surface area contributed by atoms with Crippen LogP contribution in [0.1, 0.15) is 38.3 Å². The van der Waals surface area contributed by atoms with E-state index in [1.807, 2.05) is 0 Å². The van der Waals surface area contributed by atoms with Crippen LogP contribution in [0.4, 0.5) is 28.0 Å². The van der Waals surface area contributed by atoms with Gasteiger partial charge in [-0.1, -0.05) is 36.4 Å². The van der Waals surface area contributed by atoms with Gasteiger partial charge in [0.2, 0.25) is 11.8 Å². The minimum atomic E-state index is -4.67. The van der Waals surface area contributed by atoms with Gasteiger partial charge in [-0.15, -0.1) is 0 Å². The second-order valence-corrected chi connectivity index (χ2v) is 9.76. The number of anilines is 1. The molecule has 0 saturated heterocycles. The number of hydrogen-bond acceptors (Lipinski definition) is 4. The molecule has 0 fully saturated rings. The Morgan fingerprint density at radius 2 is 1.73 bits per heavy atom. The van der Waals surface area contributed by atoms with Gasteiger partial charge in [0.05, 0.1) is 0 Å². The third kappa shape index (κ3) is 7.93. The molecule has 7 nitrogen and oxygen atoms in total. The van der Waals surface area contributed by atoms with E-state index in [4.69, 9.17) is 4.74 Å². The Labute approximate surface area is 212 Å². The zero-order chi connectivity index (χ0) is 27.4. The Kier molecular flexibility index (Phi) is 8.45. The van der Waals surface area contributed by atoms with Gasteiger partial charge >= 0.3 is 12.3 Å². The molecule has 0 saturated carbocycles. The molecular formula is C26H29F4N3O4. The van der Waals surface area contributed by atoms with E-state index in [9.17, 15) is 31.9 Å². The molecule has 3 rings (SSSR count). The second kappa shape index (κ2) is 11.2. The summed E-state index contributed by atoms with van der Waals surface area (Å²) in [6.45, 7) is 3.34. The highest BCUT2D eigenvalue weighted by Crippen LogP contribution is 2.30. The summed E-state index contributed by atoms with van der Waals surface area (Å²) in [7, 11) is 0. The number of amides is 3. The van der Waals surface area contributed by atoms with Crippen molar-refractivity contribution >= 4 is 23.6 Å². The van der Waals surface area contributed by atoms with Crippen LogP contribution in [0.15, 0.2) is 48.5 Å². The molecule has 1 aliphatic heterocycles. The van der Waals surface area contributed by atoms with Crippen LogP contribution in [0.2, 0.25) is 0 Å². The van der Waals surface area contributed by atoms with Gasteiger partial charge in [-0.05, 0) is 56.9 Å². The Bertz CT molecular complexity index is 1150. The van der Waals surface area contributed by atoms with E-state index in [0.717, 1.165) is 0 Å². The van der Waals surface area contributed by atoms with Gasteiger partial charge < -0.3 is 20.3 Å². The summed E-state index contributed by atoms with van der Waals surface area (Å²) in [6.07, 6.45) is -5.62. The Morgan fingerprint density at radius 1 is 1.08 bits per heavy atom. The number of nitrogens with zero attached hydrogens (tertiary/aromatic N) is 1. The van der Waals surface area contributed by atoms with E-state index in [2.05, 4.69) is 10.6 Å². The van der Waals surface area contributed by atoms with Gasteiger partial charge in [0.1, 0.15) is 30.0 Å². The van der Waals surface area contributed by atoms with Crippen molar-refractivity contribution in [2.75, 3.05) is 11.4 Å². The monoisotopic (exact) mass is 523 g/mol. The Balaban J connectivity index is 1.85. The number of carbonyl (C=O) groups is 3. The van der Waals surface area contributed by atoms with Crippen molar-refractivity contribution < 1.29 is 36.7 Å². The van der Waals surface area contributed by atoms with Crippen LogP contribution < -0.4 is 15.5 Å². The topological polar surface area (TPSA) is 87.7 Å². The SMILES string of the molecule is CC(C)(C)OC(=O)N[C@H](Cc1ccccc1F)C(=O)N[C@@H]1CCc2ccccc2N(CC(F)(F)F)C1=O. The number of ether oxygens (including phenoxy) is 1. The zero-order valence-electron chi connectivity index (χ0n) is 20.7. The standard InChI is InChI=1S/C26H29F4N3O4/c1-25(2,3)37-24(36)32-20(14-17-9-4-6-10-18(17)27)22(34)31-19-13-12-16-8-5-7-11-21(16)33(23(19)35)15-26(28,29)30/h4-11,19-20H,12-15H2,1-3H3,(H,31,34)(H,32,36)/t19-,20-/m1/s1. The highest BCUT2D eigenvalue weighted by Gasteiger charge is 2.39. The fraction of sp³-hybridized carbons (Fsp3) is 0.423. The molecule has 2 N–H and O–H groups in total. The predicted molar refractivity (Wildman–Crippen MR) is 128 cm³/mol. The molecular weight excluding hydrogens is 494 g/mol. The average molecular weight is 524 g/mol. The van der Waals surface area contributed by atoms with Crippen molar-refractivity contribution in [3.63, 3.8) is 0 Å². The van der Waals surface area contributed by atoms with Crippen LogP contribution in [0, 0.1) is 5.82 Å². The van der Waals surface area contributed by atoms with E-state index >= 15 is 0 Å². The number of hydrogen-bond donors (Lipinski definition) is 2. The predicted octanol–water partition coefficient (Wildman–Crippen LogP) is 4.29. The lowest BCUT2D eigenvalue weighted by Gasteiger charge is -2.28. The minimum absolute atomic E-state index is 0.0365. The molecule has 0 aromatic heterocycles. The van der Waals surface area contributed by atoms with Crippen LogP contribution in [0.25, 0.3) is 0 Å². The van der Waals surface area contributed by atoms with Crippen LogP contribution in [-0.2, 0) is 27.2 Å². The summed E-state index contributed by atoms with van der Waals surface area (Å²) < 4.78 is 59.5. The van der Waals surface area contributed by atoms with Gasteiger partial charge in [0, 0.05) is 12.1 Å². The lowest BCUT2D eigenvalue weighted by molar-refractivity contribution is -0.135. The molecule has 0 bridgehead atoms. The van der Waals surface area contributed by atoms with Crippen LogP contribution in [0.5, 0.6) is 0 Å². The molecule has 2 aromatic carbocycles. The molecule has 1 heterocycles. The van der Waals surface area contributed by atoms with Gasteiger partial charge in [-0.3, -0.25) is 9.59 Å². The molecule has 37 heavy (non-hydrogen) atoms. The number of halogens is 4. The molecule has 0 aliphatic carbocycles. The van der Waals surface area contributed by atoms with Crippen molar-refractivity contribution in [3.8, 4) is 0 Å². The van der Waals surface area contributed by atoms with Crippen LogP contribution in [-0.4, -0.2) is 48.3 Å². The smallest absolute Gasteiger partial charge is 0.408 e. The van der Waals surface area contributed by atoms with Gasteiger partial charge in [-0.2, -0.15) is 13.2 Å². The van der Waals surface area contributed by atoms with Gasteiger partial charge in [0.25, 0.3) is 0 Å². The first-order valence-electron chi connectivity index (χ1n) is 11.7. The summed E-state index contributed by atoms with van der Waals surface area (Å²) in [5, 5.41) is 4.87. The largest absolute Gasteiger partial charge is 0.444 e. The maximum atomic E-state index is 14.3. The third-order valence-corrected chi connectivity index (χ3v) is 5.59. The molecule has 2 atom stereocenters. The second-order valence-electron chi connectivity index (χ2n) is 9.76. The number of fused-ring (bicyclic) bond motifs is 1. The maximum absolute atomic E-state index is 14.3. The molecule has 0 radical (unpaired) electrons. The van der Waals surface area contributed by atoms with Crippen molar-refractivity contribution in [3.05, 3.63) is 65.5 Å². The van der Waals surface area contributed by atoms with E-state index in [1.165, 1.54) is 30.3 Å². The molecule has 0 unspecified atom stereocenters. The average Bonchev–Trinajstić information content (AvgIpc) is 2.90. The number of aryl methyl sites for hydroxylation is 1. The summed E-state index contributed by atoms with van der Waals surface area (Å²) >= 11 is 0. The minimum Gasteiger partial charge on any atom is -0.444 e. The first kappa shape index (κ1) is 27.9. The first-order chi connectivity index (χ1) is 17.2. The normalized spacial score (nSPS) is 16.9. The summed E-state index contributed by atoms with van der Waals surface area (Å²) in [5.41, 5.74) is -0.107. The molecule has 0 spiro atoms. The molecule has 200 valence electrons. The van der Waals surface area contributed by atoms with Crippen molar-refractivity contribution in [2.24, 2.45) is 0 Å². The number of rotatable bonds is 6. The zero-order valence-corrected chi connectivity index (χ0v) is 20.7. The molecule has 1 aliphatic rings. The van der Waals surface area contributed by atoms with Gasteiger partial charge in [0.15, 0.2) is 0 Å². The highest BCUT2D eigenvalue weighted by atomic mass is 19.4. The van der Waals surface area contributed by atoms with Crippen molar-refractivity contribution in [2.45, 2.75) is 63.9 Å². The number of alkyl halides is 3. The van der Waals surface area contributed by atoms with Crippen LogP contribution >= 0.6 is 0 Å². The summed E-state index contributed by atoms with van der Waals surface area (Å²) in [4.78, 5) is 39.5. The number of benzene rings is 2. The van der Waals surface area contributed by atoms with E-state index in [-0.39, 0.29) is 30.5 Å². The van der Waals surface area contributed by atoms with Crippen molar-refractivity contribution in [1.29, 1.82) is 0 Å². The lowest BCUT2D eigenvalue weighted by Crippen LogP contribution is -2.56. The fourth-order valence-electron chi connectivity index (χ4n) is 4.01. The van der Waals surface area contributed by atoms with Gasteiger partial charge in [-0.25, -0.2) is 9.18 Å². The maximum Gasteiger partial charge on any atom is 0.408 e. The molecule has 2 aromatic rings. The number of para-hydroxylation sites is 1. The Hall–Kier alpha value is -3.63. The van der Waals surface area contributed by atoms with E-state index in [1.54, 1.807) is 39.0 Å². The van der Waals surface area contributed by atoms with Crippen LogP contribution in [0.3, 0.4) is 0 Å². The quantitative estimate of drug-likeness (QED) is 0.554. The first-order valence-corrected chi connectivity index (χ1v) is 11.7. The Morgan fingerprint density at radius 3 is 2.38 bits per heavy atom. The van der Waals surface area contributed by atoms with E-state index in [0.29, 0.717) is 10.5 Å². The van der Waals surface area contributed by atoms with Crippen molar-refractivity contribution in [1.82, 2.24) is 10.6 Å². The number of carbonyl (C=O) groups excluding carboxylic acids is 3. The molecule has 3 amide bonds. The highest BCUT2D eigenvalue weighted by molar-refractivity contribution is 6.01. The number of alkyl carbamates (subject to hydrolysis) is 1. The fourth-order valence-corrected chi connectivity index (χ4v) is 4.01. The third-order valence-electron chi connectivity index (χ3n) is 5.59. The summed E-state index contributed by atoms with van der Waals surface area (Å²) in [5.74, 6) is -2.40.